The Hall–Kier alpha value is -3.72. The number of H-pyrrole nitrogens is 1. The smallest absolute Gasteiger partial charge is 0.0732 e. The summed E-state index contributed by atoms with van der Waals surface area (Å²) in [7, 11) is 0. The molecule has 0 saturated heterocycles. The van der Waals surface area contributed by atoms with Crippen molar-refractivity contribution in [3.63, 3.8) is 0 Å². The molecule has 278 valence electrons. The Balaban J connectivity index is 1.89. The molecule has 0 saturated carbocycles. The lowest BCUT2D eigenvalue weighted by Crippen LogP contribution is -2.20. The largest absolute Gasteiger partial charge is 0.354 e. The Kier molecular flexibility index (Phi) is 9.74. The van der Waals surface area contributed by atoms with Crippen LogP contribution in [-0.2, 0) is 0 Å². The van der Waals surface area contributed by atoms with Crippen molar-refractivity contribution in [3.8, 4) is 11.1 Å². The number of hydrogen-bond acceptors (Lipinski definition) is 1. The molecule has 53 heavy (non-hydrogen) atoms. The van der Waals surface area contributed by atoms with Crippen LogP contribution in [0.3, 0.4) is 0 Å². The fourth-order valence-electron chi connectivity index (χ4n) is 9.28. The zero-order valence-corrected chi connectivity index (χ0v) is 37.2. The Morgan fingerprint density at radius 3 is 1.06 bits per heavy atom. The third-order valence-corrected chi connectivity index (χ3v) is 15.2. The van der Waals surface area contributed by atoms with Gasteiger partial charge in [0, 0.05) is 32.4 Å². The number of aromatic nitrogens is 1. The summed E-state index contributed by atoms with van der Waals surface area (Å²) in [5, 5.41) is 4.06. The second-order valence-corrected chi connectivity index (χ2v) is 17.0. The molecule has 0 aliphatic heterocycles. The van der Waals surface area contributed by atoms with Gasteiger partial charge >= 0.3 is 0 Å². The van der Waals surface area contributed by atoms with Gasteiger partial charge in [-0.25, -0.2) is 0 Å². The van der Waals surface area contributed by atoms with Crippen LogP contribution < -0.4 is 4.90 Å². The van der Waals surface area contributed by atoms with E-state index >= 15 is 0 Å². The minimum absolute atomic E-state index is 0.723. The molecule has 2 nitrogen and oxygen atoms in total. The molecule has 5 aromatic carbocycles. The maximum atomic E-state index is 8.11. The number of nitrogens with one attached hydrogen (secondary N) is 1. The van der Waals surface area contributed by atoms with E-state index in [-0.39, 0.29) is 0 Å². The SMILES string of the molecule is Cc1c(C)c(C)c(N(c2c(C)c(C)c(C)c(C)c2C)c2c(C)c(Cl)c(C)c(-c3c(C)c(C)c(C)c4c3[nH]c3c(C)c(C)c(C)c(C)c34)c2Cl)c(C)c1C. The monoisotopic (exact) mass is 744 g/mol. The average Bonchev–Trinajstić information content (AvgIpc) is 3.53. The number of nitrogens with zero attached hydrogens (tertiary/aromatic N) is 1. The summed E-state index contributed by atoms with van der Waals surface area (Å²) in [4.78, 5) is 6.48. The van der Waals surface area contributed by atoms with Crippen molar-refractivity contribution in [2.75, 3.05) is 4.90 Å². The fourth-order valence-corrected chi connectivity index (χ4v) is 9.93. The molecule has 4 heteroatoms. The maximum absolute atomic E-state index is 8.11. The van der Waals surface area contributed by atoms with Crippen LogP contribution in [0.5, 0.6) is 0 Å². The van der Waals surface area contributed by atoms with Crippen LogP contribution in [0.15, 0.2) is 0 Å². The second-order valence-electron chi connectivity index (χ2n) is 16.3. The van der Waals surface area contributed by atoms with Crippen LogP contribution in [0.4, 0.5) is 17.1 Å². The minimum Gasteiger partial charge on any atom is -0.354 e. The highest BCUT2D eigenvalue weighted by Gasteiger charge is 2.33. The lowest BCUT2D eigenvalue weighted by molar-refractivity contribution is 1.09. The molecular formula is C49H58Cl2N2. The number of aryl methyl sites for hydroxylation is 3. The van der Waals surface area contributed by atoms with E-state index in [0.717, 1.165) is 43.5 Å². The lowest BCUT2D eigenvalue weighted by Gasteiger charge is -2.37. The summed E-state index contributed by atoms with van der Waals surface area (Å²) < 4.78 is 0. The minimum atomic E-state index is 0.723. The summed E-state index contributed by atoms with van der Waals surface area (Å²) in [5.41, 5.74) is 31.8. The van der Waals surface area contributed by atoms with Gasteiger partial charge < -0.3 is 9.88 Å². The number of aromatic amines is 1. The molecule has 6 aromatic rings. The van der Waals surface area contributed by atoms with Gasteiger partial charge in [0.15, 0.2) is 0 Å². The predicted octanol–water partition coefficient (Wildman–Crippen LogP) is 15.6. The fraction of sp³-hybridized carbons (Fsp3) is 0.388. The van der Waals surface area contributed by atoms with Crippen LogP contribution in [0.25, 0.3) is 32.9 Å². The highest BCUT2D eigenvalue weighted by Crippen LogP contribution is 2.55. The summed E-state index contributed by atoms with van der Waals surface area (Å²) >= 11 is 15.7. The molecule has 0 aliphatic rings. The first-order valence-corrected chi connectivity index (χ1v) is 19.8. The second kappa shape index (κ2) is 13.2. The Labute approximate surface area is 328 Å². The van der Waals surface area contributed by atoms with E-state index in [4.69, 9.17) is 23.2 Å². The third kappa shape index (κ3) is 5.25. The van der Waals surface area contributed by atoms with Crippen LogP contribution in [0.2, 0.25) is 10.0 Å². The summed E-state index contributed by atoms with van der Waals surface area (Å²) in [5.74, 6) is 0. The van der Waals surface area contributed by atoms with Crippen molar-refractivity contribution in [2.45, 2.75) is 132 Å². The van der Waals surface area contributed by atoms with Crippen molar-refractivity contribution in [1.82, 2.24) is 4.98 Å². The van der Waals surface area contributed by atoms with Crippen LogP contribution in [-0.4, -0.2) is 4.98 Å². The Morgan fingerprint density at radius 1 is 0.283 bits per heavy atom. The Bertz CT molecular complexity index is 2480. The molecule has 0 atom stereocenters. The molecule has 0 unspecified atom stereocenters. The van der Waals surface area contributed by atoms with Gasteiger partial charge in [0.25, 0.3) is 0 Å². The van der Waals surface area contributed by atoms with E-state index in [0.29, 0.717) is 0 Å². The topological polar surface area (TPSA) is 19.0 Å². The van der Waals surface area contributed by atoms with Crippen molar-refractivity contribution in [3.05, 3.63) is 116 Å². The van der Waals surface area contributed by atoms with Crippen LogP contribution in [0.1, 0.15) is 106 Å². The standard InChI is InChI=1S/C49H58Cl2N2/c1-20-24(5)33(14)47(34(15)25(20)6)53(48-35(16)26(7)21(2)27(8)36(48)17)49-38(19)43(50)37(18)39(44(49)51)40-30(11)28(9)31(12)42-41-29(10)22(3)23(4)32(13)45(41)52-46(40)42/h52H,1-19H3. The first-order valence-electron chi connectivity index (χ1n) is 19.0. The van der Waals surface area contributed by atoms with Gasteiger partial charge in [-0.3, -0.25) is 0 Å². The molecule has 1 heterocycles. The zero-order valence-electron chi connectivity index (χ0n) is 35.7. The Morgan fingerprint density at radius 2 is 0.623 bits per heavy atom. The van der Waals surface area contributed by atoms with Crippen molar-refractivity contribution in [1.29, 1.82) is 0 Å². The molecule has 1 aromatic heterocycles. The lowest BCUT2D eigenvalue weighted by atomic mass is 9.85. The summed E-state index contributed by atoms with van der Waals surface area (Å²) in [6.45, 7) is 42.7. The average molecular weight is 746 g/mol. The van der Waals surface area contributed by atoms with Gasteiger partial charge in [0.05, 0.1) is 27.6 Å². The van der Waals surface area contributed by atoms with Gasteiger partial charge in [0.2, 0.25) is 0 Å². The molecule has 0 aliphatic carbocycles. The van der Waals surface area contributed by atoms with Crippen molar-refractivity contribution >= 4 is 62.1 Å². The highest BCUT2D eigenvalue weighted by molar-refractivity contribution is 6.40. The predicted molar refractivity (Wildman–Crippen MR) is 236 cm³/mol. The first-order chi connectivity index (χ1) is 24.6. The molecule has 0 spiro atoms. The highest BCUT2D eigenvalue weighted by atomic mass is 35.5. The van der Waals surface area contributed by atoms with Crippen molar-refractivity contribution < 1.29 is 0 Å². The van der Waals surface area contributed by atoms with E-state index in [1.54, 1.807) is 0 Å². The number of rotatable bonds is 4. The van der Waals surface area contributed by atoms with E-state index in [9.17, 15) is 0 Å². The number of halogens is 2. The first kappa shape index (κ1) is 39.0. The molecule has 0 amide bonds. The van der Waals surface area contributed by atoms with Crippen LogP contribution in [0, 0.1) is 132 Å². The molecular weight excluding hydrogens is 687 g/mol. The molecule has 0 fully saturated rings. The third-order valence-electron chi connectivity index (χ3n) is 14.2. The van der Waals surface area contributed by atoms with Gasteiger partial charge in [-0.05, 0) is 237 Å². The molecule has 0 bridgehead atoms. The molecule has 1 N–H and O–H groups in total. The quantitative estimate of drug-likeness (QED) is 0.190. The van der Waals surface area contributed by atoms with E-state index in [2.05, 4.69) is 141 Å². The molecule has 6 rings (SSSR count). The summed E-state index contributed by atoms with van der Waals surface area (Å²) in [6, 6.07) is 0. The number of benzene rings is 5. The van der Waals surface area contributed by atoms with Crippen molar-refractivity contribution in [2.24, 2.45) is 0 Å². The molecule has 0 radical (unpaired) electrons. The normalized spacial score (nSPS) is 11.9. The maximum Gasteiger partial charge on any atom is 0.0732 e. The van der Waals surface area contributed by atoms with Crippen LogP contribution >= 0.6 is 23.2 Å². The van der Waals surface area contributed by atoms with Gasteiger partial charge in [-0.1, -0.05) is 23.2 Å². The number of fused-ring (bicyclic) bond motifs is 3. The number of anilines is 3. The van der Waals surface area contributed by atoms with Gasteiger partial charge in [0.1, 0.15) is 0 Å². The van der Waals surface area contributed by atoms with E-state index in [1.807, 2.05) is 0 Å². The zero-order chi connectivity index (χ0) is 39.6. The van der Waals surface area contributed by atoms with E-state index < -0.39 is 0 Å². The summed E-state index contributed by atoms with van der Waals surface area (Å²) in [6.07, 6.45) is 0. The number of hydrogen-bond donors (Lipinski definition) is 1. The van der Waals surface area contributed by atoms with Gasteiger partial charge in [-0.15, -0.1) is 0 Å². The van der Waals surface area contributed by atoms with Gasteiger partial charge in [-0.2, -0.15) is 0 Å². The van der Waals surface area contributed by atoms with E-state index in [1.165, 1.54) is 122 Å².